The van der Waals surface area contributed by atoms with Gasteiger partial charge in [0, 0.05) is 10.6 Å². The van der Waals surface area contributed by atoms with Gasteiger partial charge in [-0.1, -0.05) is 77.3 Å². The van der Waals surface area contributed by atoms with Crippen molar-refractivity contribution in [3.05, 3.63) is 105 Å². The normalized spacial score (nSPS) is 10.9. The first-order valence-electron chi connectivity index (χ1n) is 10.4. The minimum absolute atomic E-state index is 0.177. The van der Waals surface area contributed by atoms with Gasteiger partial charge in [-0.15, -0.1) is 0 Å². The van der Waals surface area contributed by atoms with Gasteiger partial charge < -0.3 is 10.1 Å². The van der Waals surface area contributed by atoms with E-state index in [1.54, 1.807) is 54.6 Å². The zero-order valence-electron chi connectivity index (χ0n) is 18.3. The maximum absolute atomic E-state index is 12.7. The number of hydrazone groups is 1. The van der Waals surface area contributed by atoms with E-state index >= 15 is 0 Å². The molecule has 2 amide bonds. The molecular weight excluding hydrogens is 525 g/mol. The van der Waals surface area contributed by atoms with Crippen LogP contribution in [-0.4, -0.2) is 24.0 Å². The van der Waals surface area contributed by atoms with Crippen LogP contribution in [0.15, 0.2) is 84.0 Å². The fourth-order valence-electron chi connectivity index (χ4n) is 3.26. The maximum atomic E-state index is 12.7. The number of halogens is 3. The van der Waals surface area contributed by atoms with E-state index in [0.717, 1.165) is 5.39 Å². The number of hydrogen-bond donors (Lipinski definition) is 2. The molecule has 0 aliphatic heterocycles. The molecule has 0 atom stereocenters. The highest BCUT2D eigenvalue weighted by Gasteiger charge is 2.17. The summed E-state index contributed by atoms with van der Waals surface area (Å²) in [6, 6.07) is 21.7. The van der Waals surface area contributed by atoms with Crippen molar-refractivity contribution in [1.82, 2.24) is 5.43 Å². The second-order valence-electron chi connectivity index (χ2n) is 7.35. The zero-order valence-corrected chi connectivity index (χ0v) is 20.6. The van der Waals surface area contributed by atoms with E-state index in [1.807, 2.05) is 12.1 Å². The number of ether oxygens (including phenoxy) is 1. The lowest BCUT2D eigenvalue weighted by molar-refractivity contribution is -0.136. The number of carbonyl (C=O) groups excluding carboxylic acids is 3. The van der Waals surface area contributed by atoms with Gasteiger partial charge in [0.25, 0.3) is 0 Å². The number of hydrogen-bond acceptors (Lipinski definition) is 5. The summed E-state index contributed by atoms with van der Waals surface area (Å²) in [5.74, 6) is -2.52. The highest BCUT2D eigenvalue weighted by Crippen LogP contribution is 2.28. The first-order chi connectivity index (χ1) is 17.3. The van der Waals surface area contributed by atoms with Gasteiger partial charge in [-0.2, -0.15) is 5.10 Å². The second-order valence-corrected chi connectivity index (χ2v) is 8.60. The highest BCUT2D eigenvalue weighted by molar-refractivity contribution is 6.42. The average Bonchev–Trinajstić information content (AvgIpc) is 2.87. The Hall–Kier alpha value is -3.91. The van der Waals surface area contributed by atoms with E-state index in [1.165, 1.54) is 18.3 Å². The summed E-state index contributed by atoms with van der Waals surface area (Å²) in [7, 11) is 0. The van der Waals surface area contributed by atoms with Crippen molar-refractivity contribution in [2.75, 3.05) is 5.32 Å². The Morgan fingerprint density at radius 3 is 2.36 bits per heavy atom. The third kappa shape index (κ3) is 5.83. The summed E-state index contributed by atoms with van der Waals surface area (Å²) < 4.78 is 5.60. The molecule has 0 heterocycles. The molecule has 0 fully saturated rings. The Bertz CT molecular complexity index is 1520. The Morgan fingerprint density at radius 2 is 1.56 bits per heavy atom. The summed E-state index contributed by atoms with van der Waals surface area (Å²) in [5, 5.41) is 8.60. The van der Waals surface area contributed by atoms with Crippen LogP contribution in [0.25, 0.3) is 10.8 Å². The van der Waals surface area contributed by atoms with Crippen LogP contribution in [-0.2, 0) is 9.59 Å². The first-order valence-corrected chi connectivity index (χ1v) is 11.5. The molecule has 0 bridgehead atoms. The molecule has 4 rings (SSSR count). The molecule has 0 aliphatic carbocycles. The van der Waals surface area contributed by atoms with E-state index in [-0.39, 0.29) is 27.0 Å². The second kappa shape index (κ2) is 11.2. The molecule has 4 aromatic rings. The van der Waals surface area contributed by atoms with Crippen molar-refractivity contribution in [2.24, 2.45) is 5.10 Å². The van der Waals surface area contributed by atoms with Crippen LogP contribution in [0.2, 0.25) is 15.1 Å². The molecule has 7 nitrogen and oxygen atoms in total. The molecule has 0 radical (unpaired) electrons. The van der Waals surface area contributed by atoms with Crippen molar-refractivity contribution in [2.45, 2.75) is 0 Å². The van der Waals surface area contributed by atoms with Crippen LogP contribution in [0.3, 0.4) is 0 Å². The van der Waals surface area contributed by atoms with E-state index in [9.17, 15) is 14.4 Å². The summed E-state index contributed by atoms with van der Waals surface area (Å²) >= 11 is 18.0. The van der Waals surface area contributed by atoms with Gasteiger partial charge in [-0.05, 0) is 47.2 Å². The molecule has 36 heavy (non-hydrogen) atoms. The Morgan fingerprint density at radius 1 is 0.806 bits per heavy atom. The van der Waals surface area contributed by atoms with Crippen molar-refractivity contribution in [3.63, 3.8) is 0 Å². The van der Waals surface area contributed by atoms with Crippen LogP contribution in [0.5, 0.6) is 5.75 Å². The molecule has 180 valence electrons. The lowest BCUT2D eigenvalue weighted by Gasteiger charge is -2.11. The van der Waals surface area contributed by atoms with Gasteiger partial charge in [0.2, 0.25) is 0 Å². The van der Waals surface area contributed by atoms with Crippen molar-refractivity contribution < 1.29 is 19.1 Å². The molecular formula is C26H16Cl3N3O4. The molecule has 0 saturated heterocycles. The van der Waals surface area contributed by atoms with Crippen LogP contribution < -0.4 is 15.5 Å². The van der Waals surface area contributed by atoms with Gasteiger partial charge in [0.05, 0.1) is 27.5 Å². The number of anilines is 1. The van der Waals surface area contributed by atoms with Crippen molar-refractivity contribution >= 4 is 75.3 Å². The number of benzene rings is 4. The molecule has 0 spiro atoms. The standard InChI is InChI=1S/C26H16Cl3N3O4/c27-16-10-11-21(29)22(13-16)31-24(33)25(34)32-30-14-19-17-6-2-1-5-15(17)9-12-23(19)36-26(35)18-7-3-4-8-20(18)28/h1-14H,(H,31,33)(H,32,34). The van der Waals surface area contributed by atoms with Crippen LogP contribution in [0.4, 0.5) is 5.69 Å². The predicted octanol–water partition coefficient (Wildman–Crippen LogP) is 6.11. The summed E-state index contributed by atoms with van der Waals surface area (Å²) in [6.07, 6.45) is 1.29. The first kappa shape index (κ1) is 25.2. The van der Waals surface area contributed by atoms with E-state index < -0.39 is 17.8 Å². The monoisotopic (exact) mass is 539 g/mol. The van der Waals surface area contributed by atoms with Crippen LogP contribution in [0, 0.1) is 0 Å². The van der Waals surface area contributed by atoms with Crippen molar-refractivity contribution in [1.29, 1.82) is 0 Å². The fraction of sp³-hybridized carbons (Fsp3) is 0. The Labute approximate surface area is 220 Å². The number of esters is 1. The largest absolute Gasteiger partial charge is 0.422 e. The number of nitrogens with one attached hydrogen (secondary N) is 2. The summed E-state index contributed by atoms with van der Waals surface area (Å²) in [6.45, 7) is 0. The average molecular weight is 541 g/mol. The predicted molar refractivity (Wildman–Crippen MR) is 141 cm³/mol. The zero-order chi connectivity index (χ0) is 25.7. The molecule has 0 saturated carbocycles. The third-order valence-corrected chi connectivity index (χ3v) is 5.86. The maximum Gasteiger partial charge on any atom is 0.345 e. The fourth-order valence-corrected chi connectivity index (χ4v) is 3.81. The van der Waals surface area contributed by atoms with Gasteiger partial charge in [0.15, 0.2) is 0 Å². The van der Waals surface area contributed by atoms with E-state index in [2.05, 4.69) is 15.8 Å². The summed E-state index contributed by atoms with van der Waals surface area (Å²) in [5.41, 5.74) is 2.93. The lowest BCUT2D eigenvalue weighted by Crippen LogP contribution is -2.32. The van der Waals surface area contributed by atoms with Crippen LogP contribution >= 0.6 is 34.8 Å². The molecule has 4 aromatic carbocycles. The van der Waals surface area contributed by atoms with Crippen molar-refractivity contribution in [3.8, 4) is 5.75 Å². The van der Waals surface area contributed by atoms with Gasteiger partial charge >= 0.3 is 17.8 Å². The molecule has 2 N–H and O–H groups in total. The number of nitrogens with zero attached hydrogens (tertiary/aromatic N) is 1. The highest BCUT2D eigenvalue weighted by atomic mass is 35.5. The Balaban J connectivity index is 1.55. The Kier molecular flexibility index (Phi) is 7.85. The molecule has 0 aromatic heterocycles. The van der Waals surface area contributed by atoms with Gasteiger partial charge in [0.1, 0.15) is 5.75 Å². The number of rotatable bonds is 5. The molecule has 10 heteroatoms. The lowest BCUT2D eigenvalue weighted by atomic mass is 10.0. The van der Waals surface area contributed by atoms with E-state index in [4.69, 9.17) is 39.5 Å². The third-order valence-electron chi connectivity index (χ3n) is 4.97. The molecule has 0 aliphatic rings. The molecule has 0 unspecified atom stereocenters. The minimum atomic E-state index is -1.04. The quantitative estimate of drug-likeness (QED) is 0.105. The number of carbonyl (C=O) groups is 3. The van der Waals surface area contributed by atoms with Gasteiger partial charge in [-0.3, -0.25) is 9.59 Å². The minimum Gasteiger partial charge on any atom is -0.422 e. The number of fused-ring (bicyclic) bond motifs is 1. The topological polar surface area (TPSA) is 96.9 Å². The smallest absolute Gasteiger partial charge is 0.345 e. The van der Waals surface area contributed by atoms with Gasteiger partial charge in [-0.25, -0.2) is 10.2 Å². The number of amides is 2. The summed E-state index contributed by atoms with van der Waals surface area (Å²) in [4.78, 5) is 37.2. The van der Waals surface area contributed by atoms with Crippen LogP contribution in [0.1, 0.15) is 15.9 Å². The van der Waals surface area contributed by atoms with E-state index in [0.29, 0.717) is 16.0 Å². The SMILES string of the molecule is O=C(NN=Cc1c(OC(=O)c2ccccc2Cl)ccc2ccccc12)C(=O)Nc1cc(Cl)ccc1Cl.